The van der Waals surface area contributed by atoms with Crippen molar-refractivity contribution < 1.29 is 4.42 Å². The second kappa shape index (κ2) is 4.96. The number of aryl methyl sites for hydroxylation is 1. The highest BCUT2D eigenvalue weighted by Crippen LogP contribution is 2.29. The van der Waals surface area contributed by atoms with E-state index in [0.717, 1.165) is 27.9 Å². The van der Waals surface area contributed by atoms with E-state index >= 15 is 0 Å². The molecule has 0 bridgehead atoms. The van der Waals surface area contributed by atoms with Crippen molar-refractivity contribution in [1.29, 1.82) is 0 Å². The van der Waals surface area contributed by atoms with Crippen LogP contribution in [0.3, 0.4) is 0 Å². The van der Waals surface area contributed by atoms with Crippen LogP contribution in [-0.2, 0) is 6.54 Å². The van der Waals surface area contributed by atoms with Crippen LogP contribution in [0, 0.1) is 6.92 Å². The van der Waals surface area contributed by atoms with Gasteiger partial charge in [0.1, 0.15) is 5.71 Å². The topological polar surface area (TPSA) is 30.4 Å². The van der Waals surface area contributed by atoms with Gasteiger partial charge in [-0.15, -0.1) is 0 Å². The Bertz CT molecular complexity index is 1100. The third-order valence-corrected chi connectivity index (χ3v) is 4.62. The van der Waals surface area contributed by atoms with Crippen molar-refractivity contribution in [2.45, 2.75) is 13.5 Å². The molecule has 1 aliphatic rings. The second-order valence-corrected chi connectivity index (χ2v) is 6.21. The molecule has 0 atom stereocenters. The minimum Gasteiger partial charge on any atom is -0.461 e. The van der Waals surface area contributed by atoms with Crippen LogP contribution in [0.5, 0.6) is 0 Å². The molecule has 1 aliphatic heterocycles. The molecule has 0 spiro atoms. The number of aliphatic imine (C=N–C) groups is 1. The van der Waals surface area contributed by atoms with Crippen molar-refractivity contribution in [3.63, 3.8) is 0 Å². The van der Waals surface area contributed by atoms with E-state index in [1.165, 1.54) is 16.8 Å². The molecule has 3 nitrogen and oxygen atoms in total. The molecule has 116 valence electrons. The normalized spacial score (nSPS) is 13.3. The summed E-state index contributed by atoms with van der Waals surface area (Å²) in [5.74, 6) is 0.849. The van der Waals surface area contributed by atoms with Gasteiger partial charge in [-0.25, -0.2) is 0 Å². The van der Waals surface area contributed by atoms with Crippen LogP contribution in [0.4, 0.5) is 0 Å². The number of rotatable bonds is 1. The molecule has 0 fully saturated rings. The Kier molecular flexibility index (Phi) is 2.77. The first-order chi connectivity index (χ1) is 11.8. The van der Waals surface area contributed by atoms with E-state index in [2.05, 4.69) is 72.3 Å². The maximum absolute atomic E-state index is 5.95. The Morgan fingerprint density at radius 1 is 1.04 bits per heavy atom. The summed E-state index contributed by atoms with van der Waals surface area (Å²) in [7, 11) is 0. The Hall–Kier alpha value is -3.07. The number of aromatic nitrogens is 1. The summed E-state index contributed by atoms with van der Waals surface area (Å²) in [6.07, 6.45) is 3.91. The molecular formula is C21H16N2O. The predicted octanol–water partition coefficient (Wildman–Crippen LogP) is 4.88. The lowest BCUT2D eigenvalue weighted by atomic mass is 10.1. The van der Waals surface area contributed by atoms with Crippen LogP contribution in [0.15, 0.2) is 76.5 Å². The van der Waals surface area contributed by atoms with Crippen LogP contribution in [0.25, 0.3) is 16.5 Å². The van der Waals surface area contributed by atoms with E-state index in [9.17, 15) is 0 Å². The Morgan fingerprint density at radius 2 is 1.96 bits per heavy atom. The van der Waals surface area contributed by atoms with E-state index in [1.54, 1.807) is 0 Å². The number of para-hydroxylation sites is 1. The molecule has 0 saturated carbocycles. The summed E-state index contributed by atoms with van der Waals surface area (Å²) in [5.41, 5.74) is 5.60. The molecule has 0 radical (unpaired) electrons. The molecule has 0 unspecified atom stereocenters. The van der Waals surface area contributed by atoms with E-state index in [-0.39, 0.29) is 0 Å². The standard InChI is InChI=1S/C21H16N2O/c1-14-8-9-16-13-24-21(17(16)11-14)20-19-7-4-10-23(19)18-6-3-2-5-15(18)12-22-20/h2-11,13H,12H2,1H3. The van der Waals surface area contributed by atoms with Crippen molar-refractivity contribution in [2.75, 3.05) is 0 Å². The molecule has 0 N–H and O–H groups in total. The fraction of sp³-hybridized carbons (Fsp3) is 0.0952. The highest BCUT2D eigenvalue weighted by Gasteiger charge is 2.21. The lowest BCUT2D eigenvalue weighted by Crippen LogP contribution is -2.07. The van der Waals surface area contributed by atoms with Crippen molar-refractivity contribution in [2.24, 2.45) is 4.99 Å². The maximum Gasteiger partial charge on any atom is 0.161 e. The van der Waals surface area contributed by atoms with E-state index in [1.807, 2.05) is 6.26 Å². The van der Waals surface area contributed by atoms with Gasteiger partial charge in [-0.3, -0.25) is 4.99 Å². The zero-order valence-corrected chi connectivity index (χ0v) is 13.4. The molecule has 2 aromatic heterocycles. The van der Waals surface area contributed by atoms with Gasteiger partial charge in [0.25, 0.3) is 0 Å². The number of nitrogens with zero attached hydrogens (tertiary/aromatic N) is 2. The summed E-state index contributed by atoms with van der Waals surface area (Å²) in [6.45, 7) is 2.75. The fourth-order valence-corrected chi connectivity index (χ4v) is 3.44. The van der Waals surface area contributed by atoms with Crippen LogP contribution in [0.2, 0.25) is 0 Å². The average molecular weight is 312 g/mol. The summed E-state index contributed by atoms with van der Waals surface area (Å²) in [6, 6.07) is 18.9. The van der Waals surface area contributed by atoms with Crippen molar-refractivity contribution in [1.82, 2.24) is 4.57 Å². The maximum atomic E-state index is 5.95. The van der Waals surface area contributed by atoms with Gasteiger partial charge in [0.05, 0.1) is 24.2 Å². The lowest BCUT2D eigenvalue weighted by molar-refractivity contribution is 0.562. The van der Waals surface area contributed by atoms with Gasteiger partial charge in [-0.2, -0.15) is 0 Å². The van der Waals surface area contributed by atoms with Crippen LogP contribution < -0.4 is 0 Å². The van der Waals surface area contributed by atoms with Crippen molar-refractivity contribution >= 4 is 16.5 Å². The first-order valence-corrected chi connectivity index (χ1v) is 8.10. The van der Waals surface area contributed by atoms with Gasteiger partial charge in [-0.05, 0) is 36.8 Å². The number of hydrogen-bond acceptors (Lipinski definition) is 2. The molecular weight excluding hydrogens is 296 g/mol. The minimum absolute atomic E-state index is 0.654. The molecule has 3 heterocycles. The number of benzene rings is 2. The summed E-state index contributed by atoms with van der Waals surface area (Å²) in [4.78, 5) is 4.90. The molecule has 4 aromatic rings. The zero-order chi connectivity index (χ0) is 16.1. The molecule has 24 heavy (non-hydrogen) atoms. The summed E-state index contributed by atoms with van der Waals surface area (Å²) >= 11 is 0. The monoisotopic (exact) mass is 312 g/mol. The minimum atomic E-state index is 0.654. The van der Waals surface area contributed by atoms with Gasteiger partial charge >= 0.3 is 0 Å². The van der Waals surface area contributed by atoms with Crippen LogP contribution in [0.1, 0.15) is 22.6 Å². The van der Waals surface area contributed by atoms with Gasteiger partial charge in [0.2, 0.25) is 0 Å². The van der Waals surface area contributed by atoms with Crippen LogP contribution >= 0.6 is 0 Å². The van der Waals surface area contributed by atoms with Gasteiger partial charge < -0.3 is 8.98 Å². The predicted molar refractivity (Wildman–Crippen MR) is 96.1 cm³/mol. The van der Waals surface area contributed by atoms with Crippen molar-refractivity contribution in [3.05, 3.63) is 89.6 Å². The third kappa shape index (κ3) is 1.88. The van der Waals surface area contributed by atoms with Gasteiger partial charge in [0.15, 0.2) is 5.76 Å². The highest BCUT2D eigenvalue weighted by atomic mass is 16.3. The SMILES string of the molecule is Cc1ccc2coc(C3=NCc4ccccc4-n4cccc43)c2c1. The molecule has 3 heteroatoms. The zero-order valence-electron chi connectivity index (χ0n) is 13.4. The smallest absolute Gasteiger partial charge is 0.161 e. The van der Waals surface area contributed by atoms with Gasteiger partial charge in [0, 0.05) is 17.0 Å². The molecule has 0 saturated heterocycles. The first-order valence-electron chi connectivity index (χ1n) is 8.10. The first kappa shape index (κ1) is 13.4. The average Bonchev–Trinajstić information content (AvgIpc) is 3.20. The quantitative estimate of drug-likeness (QED) is 0.492. The van der Waals surface area contributed by atoms with E-state index in [4.69, 9.17) is 9.41 Å². The Labute approximate surface area is 139 Å². The highest BCUT2D eigenvalue weighted by molar-refractivity contribution is 6.17. The number of fused-ring (bicyclic) bond motifs is 4. The molecule has 5 rings (SSSR count). The molecule has 0 amide bonds. The molecule has 2 aromatic carbocycles. The largest absolute Gasteiger partial charge is 0.461 e. The summed E-state index contributed by atoms with van der Waals surface area (Å²) < 4.78 is 8.15. The number of furan rings is 1. The Morgan fingerprint density at radius 3 is 2.92 bits per heavy atom. The fourth-order valence-electron chi connectivity index (χ4n) is 3.44. The van der Waals surface area contributed by atoms with E-state index in [0.29, 0.717) is 6.54 Å². The third-order valence-electron chi connectivity index (χ3n) is 4.62. The number of hydrogen-bond donors (Lipinski definition) is 0. The second-order valence-electron chi connectivity index (χ2n) is 6.21. The van der Waals surface area contributed by atoms with E-state index < -0.39 is 0 Å². The molecule has 0 aliphatic carbocycles. The Balaban J connectivity index is 1.78. The van der Waals surface area contributed by atoms with Crippen LogP contribution in [-0.4, -0.2) is 10.3 Å². The lowest BCUT2D eigenvalue weighted by Gasteiger charge is -2.09. The van der Waals surface area contributed by atoms with Crippen molar-refractivity contribution in [3.8, 4) is 5.69 Å². The summed E-state index contributed by atoms with van der Waals surface area (Å²) in [5, 5.41) is 2.23. The van der Waals surface area contributed by atoms with Gasteiger partial charge in [-0.1, -0.05) is 35.9 Å².